The molecule has 4 bridgehead atoms. The summed E-state index contributed by atoms with van der Waals surface area (Å²) in [5, 5.41) is 12.0. The summed E-state index contributed by atoms with van der Waals surface area (Å²) in [4.78, 5) is 0. The van der Waals surface area contributed by atoms with Gasteiger partial charge in [0.15, 0.2) is 0 Å². The van der Waals surface area contributed by atoms with Crippen molar-refractivity contribution in [2.75, 3.05) is 0 Å². The summed E-state index contributed by atoms with van der Waals surface area (Å²) in [6.45, 7) is 4.88. The van der Waals surface area contributed by atoms with Crippen LogP contribution in [-0.4, -0.2) is 8.07 Å². The number of rotatable bonds is 4. The van der Waals surface area contributed by atoms with Crippen LogP contribution in [-0.2, 0) is 16.6 Å². The number of hydrogen-bond acceptors (Lipinski definition) is 0. The van der Waals surface area contributed by atoms with E-state index >= 15 is 0 Å². The molecule has 0 N–H and O–H groups in total. The van der Waals surface area contributed by atoms with Crippen LogP contribution < -0.4 is 10.4 Å². The van der Waals surface area contributed by atoms with Crippen molar-refractivity contribution in [3.63, 3.8) is 0 Å². The molecule has 0 spiro atoms. The molecule has 4 aromatic rings. The van der Waals surface area contributed by atoms with Crippen molar-refractivity contribution in [3.05, 3.63) is 143 Å². The van der Waals surface area contributed by atoms with E-state index in [2.05, 4.69) is 133 Å². The van der Waals surface area contributed by atoms with Crippen molar-refractivity contribution in [1.29, 1.82) is 0 Å². The van der Waals surface area contributed by atoms with E-state index in [1.807, 2.05) is 0 Å². The van der Waals surface area contributed by atoms with Crippen LogP contribution in [0.2, 0.25) is 10.5 Å². The van der Waals surface area contributed by atoms with Gasteiger partial charge in [0.25, 0.3) is 0 Å². The fourth-order valence-corrected chi connectivity index (χ4v) is 22.9. The van der Waals surface area contributed by atoms with Crippen molar-refractivity contribution in [3.8, 4) is 0 Å². The molecule has 0 aromatic heterocycles. The fraction of sp³-hybridized carbons (Fsp3) is 0.222. The molecule has 0 saturated carbocycles. The van der Waals surface area contributed by atoms with E-state index in [1.165, 1.54) is 10.4 Å². The maximum atomic E-state index is 2.75. The quantitative estimate of drug-likeness (QED) is 0.226. The van der Waals surface area contributed by atoms with Crippen LogP contribution in [0.3, 0.4) is 0 Å². The molecule has 38 heavy (non-hydrogen) atoms. The van der Waals surface area contributed by atoms with Crippen molar-refractivity contribution >= 4 is 28.8 Å². The van der Waals surface area contributed by atoms with Gasteiger partial charge in [0.2, 0.25) is 0 Å². The summed E-state index contributed by atoms with van der Waals surface area (Å²) in [5.41, 5.74) is 9.91. The molecule has 188 valence electrons. The molecule has 2 atom stereocenters. The first-order valence-electron chi connectivity index (χ1n) is 14.3. The Hall–Kier alpha value is -2.71. The predicted molar refractivity (Wildman–Crippen MR) is 162 cm³/mol. The summed E-state index contributed by atoms with van der Waals surface area (Å²) >= 11 is -2.56. The van der Waals surface area contributed by atoms with E-state index in [9.17, 15) is 0 Å². The molecular formula is C36H36SiTi. The normalized spacial score (nSPS) is 22.1. The third-order valence-electron chi connectivity index (χ3n) is 9.83. The van der Waals surface area contributed by atoms with Crippen LogP contribution in [0.25, 0.3) is 10.4 Å². The first kappa shape index (κ1) is 24.3. The molecule has 0 nitrogen and oxygen atoms in total. The van der Waals surface area contributed by atoms with E-state index in [0.717, 1.165) is 12.8 Å². The minimum absolute atomic E-state index is 0.602. The third-order valence-corrected chi connectivity index (χ3v) is 21.6. The second kappa shape index (κ2) is 8.92. The molecule has 0 saturated heterocycles. The monoisotopic (exact) mass is 544 g/mol. The van der Waals surface area contributed by atoms with Crippen LogP contribution in [0.5, 0.6) is 0 Å². The summed E-state index contributed by atoms with van der Waals surface area (Å²) in [6.07, 6.45) is 2.27. The van der Waals surface area contributed by atoms with E-state index < -0.39 is 24.7 Å². The average molecular weight is 545 g/mol. The average Bonchev–Trinajstić information content (AvgIpc) is 3.50. The molecule has 2 unspecified atom stereocenters. The van der Waals surface area contributed by atoms with Gasteiger partial charge in [-0.15, -0.1) is 0 Å². The SMILES string of the molecule is CCC1=C2c3ccccc3[CH]1[Ti]([CH3])([CH3])[CH]1C(CC)=C(c3ccccc31)[Si]2(c1ccccc1)c1ccccc1. The van der Waals surface area contributed by atoms with Crippen LogP contribution in [0.15, 0.2) is 120 Å². The van der Waals surface area contributed by atoms with Gasteiger partial charge in [0.1, 0.15) is 0 Å². The third kappa shape index (κ3) is 3.02. The van der Waals surface area contributed by atoms with Crippen LogP contribution in [0, 0.1) is 0 Å². The Kier molecular flexibility index (Phi) is 5.71. The van der Waals surface area contributed by atoms with Crippen molar-refractivity contribution in [2.24, 2.45) is 0 Å². The van der Waals surface area contributed by atoms with Gasteiger partial charge >= 0.3 is 234 Å². The maximum absolute atomic E-state index is 2.75. The predicted octanol–water partition coefficient (Wildman–Crippen LogP) is 8.43. The molecule has 2 heteroatoms. The molecule has 0 radical (unpaired) electrons. The molecule has 1 heterocycles. The zero-order valence-electron chi connectivity index (χ0n) is 23.0. The van der Waals surface area contributed by atoms with E-state index in [-0.39, 0.29) is 0 Å². The minimum atomic E-state index is -2.64. The summed E-state index contributed by atoms with van der Waals surface area (Å²) < 4.78 is 1.20. The van der Waals surface area contributed by atoms with E-state index in [0.29, 0.717) is 8.45 Å². The molecule has 0 fully saturated rings. The molecule has 2 aliphatic carbocycles. The first-order chi connectivity index (χ1) is 18.6. The summed E-state index contributed by atoms with van der Waals surface area (Å²) in [6, 6.07) is 42.5. The van der Waals surface area contributed by atoms with Gasteiger partial charge < -0.3 is 0 Å². The van der Waals surface area contributed by atoms with Gasteiger partial charge in [-0.05, 0) is 0 Å². The Morgan fingerprint density at radius 1 is 0.526 bits per heavy atom. The van der Waals surface area contributed by atoms with Gasteiger partial charge in [0, 0.05) is 0 Å². The van der Waals surface area contributed by atoms with E-state index in [1.54, 1.807) is 43.8 Å². The molecule has 0 amide bonds. The van der Waals surface area contributed by atoms with Crippen LogP contribution in [0.1, 0.15) is 57.4 Å². The van der Waals surface area contributed by atoms with Crippen LogP contribution in [0.4, 0.5) is 0 Å². The Bertz CT molecular complexity index is 1490. The first-order valence-corrected chi connectivity index (χ1v) is 21.3. The Balaban J connectivity index is 1.78. The zero-order chi connectivity index (χ0) is 26.1. The fourth-order valence-electron chi connectivity index (χ4n) is 8.72. The van der Waals surface area contributed by atoms with Crippen molar-refractivity contribution < 1.29 is 16.6 Å². The standard InChI is InChI=1S/C34H30Si.2CH3.Ti/c1-3-25-23-27-15-11-13-21-31(27)33(25)35(29-17-7-5-8-18-29,30-19-9-6-10-20-30)34-26(4-2)24-28-16-12-14-22-32(28)34;;;/h5-24H,3-4H2,1-2H3;2*1H3;. The number of fused-ring (bicyclic) bond motifs is 8. The van der Waals surface area contributed by atoms with Gasteiger partial charge in [-0.3, -0.25) is 0 Å². The number of hydrogen-bond donors (Lipinski definition) is 0. The molecular weight excluding hydrogens is 508 g/mol. The topological polar surface area (TPSA) is 0 Å². The van der Waals surface area contributed by atoms with Gasteiger partial charge in [-0.25, -0.2) is 0 Å². The van der Waals surface area contributed by atoms with Crippen molar-refractivity contribution in [2.45, 2.75) is 45.6 Å². The summed E-state index contributed by atoms with van der Waals surface area (Å²) in [5.74, 6) is 0. The Morgan fingerprint density at radius 3 is 1.29 bits per heavy atom. The second-order valence-corrected chi connectivity index (χ2v) is 23.0. The van der Waals surface area contributed by atoms with Crippen LogP contribution >= 0.6 is 0 Å². The number of allylic oxidation sites excluding steroid dienone is 2. The molecule has 4 aromatic carbocycles. The van der Waals surface area contributed by atoms with Crippen molar-refractivity contribution in [1.82, 2.24) is 0 Å². The van der Waals surface area contributed by atoms with Gasteiger partial charge in [0.05, 0.1) is 0 Å². The van der Waals surface area contributed by atoms with Gasteiger partial charge in [-0.2, -0.15) is 0 Å². The van der Waals surface area contributed by atoms with Gasteiger partial charge in [-0.1, -0.05) is 0 Å². The zero-order valence-corrected chi connectivity index (χ0v) is 25.5. The molecule has 3 aliphatic rings. The molecule has 7 rings (SSSR count). The summed E-state index contributed by atoms with van der Waals surface area (Å²) in [7, 11) is -2.64. The van der Waals surface area contributed by atoms with E-state index in [4.69, 9.17) is 0 Å². The Labute approximate surface area is 232 Å². The Morgan fingerprint density at radius 2 is 0.895 bits per heavy atom. The molecule has 1 aliphatic heterocycles. The number of benzene rings is 4. The second-order valence-electron chi connectivity index (χ2n) is 11.9.